The summed E-state index contributed by atoms with van der Waals surface area (Å²) in [6, 6.07) is 9.70. The predicted molar refractivity (Wildman–Crippen MR) is 76.5 cm³/mol. The van der Waals surface area contributed by atoms with E-state index in [0.717, 1.165) is 29.2 Å². The molecule has 0 atom stereocenters. The maximum absolute atomic E-state index is 5.68. The standard InChI is InChI=1S/C15H19N3O/c1-4-13-11(2)15(16-3)18-14(17-13)10-19-12-8-6-5-7-9-12/h5-9H,4,10H2,1-3H3,(H,16,17,18). The summed E-state index contributed by atoms with van der Waals surface area (Å²) in [7, 11) is 1.87. The summed E-state index contributed by atoms with van der Waals surface area (Å²) in [5.41, 5.74) is 2.17. The van der Waals surface area contributed by atoms with E-state index < -0.39 is 0 Å². The van der Waals surface area contributed by atoms with E-state index in [2.05, 4.69) is 22.2 Å². The molecule has 0 spiro atoms. The van der Waals surface area contributed by atoms with Crippen molar-refractivity contribution in [1.29, 1.82) is 0 Å². The first-order chi connectivity index (χ1) is 9.24. The molecule has 0 aliphatic rings. The quantitative estimate of drug-likeness (QED) is 0.894. The molecule has 2 rings (SSSR count). The van der Waals surface area contributed by atoms with E-state index in [0.29, 0.717) is 12.4 Å². The molecular weight excluding hydrogens is 238 g/mol. The number of ether oxygens (including phenoxy) is 1. The first kappa shape index (κ1) is 13.3. The summed E-state index contributed by atoms with van der Waals surface area (Å²) in [5.74, 6) is 2.41. The molecule has 0 amide bonds. The lowest BCUT2D eigenvalue weighted by Crippen LogP contribution is -2.09. The van der Waals surface area contributed by atoms with Crippen LogP contribution in [0.4, 0.5) is 5.82 Å². The average molecular weight is 257 g/mol. The van der Waals surface area contributed by atoms with Crippen LogP contribution in [0.25, 0.3) is 0 Å². The van der Waals surface area contributed by atoms with E-state index in [1.807, 2.05) is 44.3 Å². The minimum atomic E-state index is 0.381. The maximum atomic E-state index is 5.68. The zero-order valence-electron chi connectivity index (χ0n) is 11.6. The van der Waals surface area contributed by atoms with Crippen LogP contribution in [0.3, 0.4) is 0 Å². The Morgan fingerprint density at radius 1 is 1.16 bits per heavy atom. The SMILES string of the molecule is CCc1nc(COc2ccccc2)nc(NC)c1C. The van der Waals surface area contributed by atoms with Gasteiger partial charge in [-0.05, 0) is 25.5 Å². The Morgan fingerprint density at radius 2 is 1.89 bits per heavy atom. The van der Waals surface area contributed by atoms with Crippen molar-refractivity contribution in [2.75, 3.05) is 12.4 Å². The van der Waals surface area contributed by atoms with Gasteiger partial charge in [0.25, 0.3) is 0 Å². The van der Waals surface area contributed by atoms with E-state index in [9.17, 15) is 0 Å². The normalized spacial score (nSPS) is 10.3. The number of para-hydroxylation sites is 1. The number of nitrogens with zero attached hydrogens (tertiary/aromatic N) is 2. The van der Waals surface area contributed by atoms with Crippen molar-refractivity contribution >= 4 is 5.82 Å². The lowest BCUT2D eigenvalue weighted by Gasteiger charge is -2.11. The molecule has 19 heavy (non-hydrogen) atoms. The predicted octanol–water partition coefficient (Wildman–Crippen LogP) is 2.97. The first-order valence-corrected chi connectivity index (χ1v) is 6.46. The van der Waals surface area contributed by atoms with Gasteiger partial charge in [-0.2, -0.15) is 0 Å². The van der Waals surface area contributed by atoms with Crippen LogP contribution in [0.1, 0.15) is 24.0 Å². The van der Waals surface area contributed by atoms with Crippen molar-refractivity contribution in [3.63, 3.8) is 0 Å². The topological polar surface area (TPSA) is 47.0 Å². The van der Waals surface area contributed by atoms with Gasteiger partial charge in [0, 0.05) is 18.3 Å². The molecule has 0 unspecified atom stereocenters. The van der Waals surface area contributed by atoms with Crippen LogP contribution in [0, 0.1) is 6.92 Å². The van der Waals surface area contributed by atoms with Gasteiger partial charge < -0.3 is 10.1 Å². The number of anilines is 1. The lowest BCUT2D eigenvalue weighted by molar-refractivity contribution is 0.295. The number of aryl methyl sites for hydroxylation is 1. The van der Waals surface area contributed by atoms with E-state index in [4.69, 9.17) is 4.74 Å². The summed E-state index contributed by atoms with van der Waals surface area (Å²) in [6.07, 6.45) is 0.890. The minimum absolute atomic E-state index is 0.381. The van der Waals surface area contributed by atoms with E-state index >= 15 is 0 Å². The number of nitrogens with one attached hydrogen (secondary N) is 1. The van der Waals surface area contributed by atoms with Crippen LogP contribution in [0.15, 0.2) is 30.3 Å². The minimum Gasteiger partial charge on any atom is -0.486 e. The highest BCUT2D eigenvalue weighted by atomic mass is 16.5. The number of benzene rings is 1. The Labute approximate surface area is 113 Å². The van der Waals surface area contributed by atoms with Crippen molar-refractivity contribution in [2.24, 2.45) is 0 Å². The van der Waals surface area contributed by atoms with Crippen molar-refractivity contribution in [1.82, 2.24) is 9.97 Å². The molecule has 0 fully saturated rings. The number of rotatable bonds is 5. The van der Waals surface area contributed by atoms with E-state index in [1.165, 1.54) is 0 Å². The lowest BCUT2D eigenvalue weighted by atomic mass is 10.2. The number of hydrogen-bond acceptors (Lipinski definition) is 4. The molecule has 0 saturated carbocycles. The molecular formula is C15H19N3O. The fourth-order valence-electron chi connectivity index (χ4n) is 1.93. The third-order valence-corrected chi connectivity index (χ3v) is 2.98. The van der Waals surface area contributed by atoms with Crippen molar-refractivity contribution in [2.45, 2.75) is 26.9 Å². The molecule has 0 aliphatic carbocycles. The summed E-state index contributed by atoms with van der Waals surface area (Å²) in [6.45, 7) is 4.51. The van der Waals surface area contributed by atoms with Crippen molar-refractivity contribution in [3.05, 3.63) is 47.4 Å². The fourth-order valence-corrected chi connectivity index (χ4v) is 1.93. The Kier molecular flexibility index (Phi) is 4.34. The fraction of sp³-hybridized carbons (Fsp3) is 0.333. The first-order valence-electron chi connectivity index (χ1n) is 6.46. The monoisotopic (exact) mass is 257 g/mol. The molecule has 0 aliphatic heterocycles. The molecule has 1 aromatic heterocycles. The van der Waals surface area contributed by atoms with Crippen LogP contribution in [-0.4, -0.2) is 17.0 Å². The van der Waals surface area contributed by atoms with Gasteiger partial charge in [0.2, 0.25) is 0 Å². The third kappa shape index (κ3) is 3.22. The molecule has 2 aromatic rings. The zero-order chi connectivity index (χ0) is 13.7. The van der Waals surface area contributed by atoms with Gasteiger partial charge in [-0.15, -0.1) is 0 Å². The Balaban J connectivity index is 2.16. The van der Waals surface area contributed by atoms with Crippen LogP contribution < -0.4 is 10.1 Å². The van der Waals surface area contributed by atoms with Crippen molar-refractivity contribution in [3.8, 4) is 5.75 Å². The van der Waals surface area contributed by atoms with E-state index in [1.54, 1.807) is 0 Å². The van der Waals surface area contributed by atoms with Crippen LogP contribution in [0.5, 0.6) is 5.75 Å². The molecule has 0 saturated heterocycles. The second-order valence-corrected chi connectivity index (χ2v) is 4.27. The molecule has 1 aromatic carbocycles. The molecule has 4 heteroatoms. The van der Waals surface area contributed by atoms with Crippen molar-refractivity contribution < 1.29 is 4.74 Å². The second-order valence-electron chi connectivity index (χ2n) is 4.27. The van der Waals surface area contributed by atoms with Gasteiger partial charge in [-0.25, -0.2) is 9.97 Å². The third-order valence-electron chi connectivity index (χ3n) is 2.98. The molecule has 1 N–H and O–H groups in total. The molecule has 0 bridgehead atoms. The largest absolute Gasteiger partial charge is 0.486 e. The molecule has 0 radical (unpaired) electrons. The van der Waals surface area contributed by atoms with Gasteiger partial charge in [-0.3, -0.25) is 0 Å². The maximum Gasteiger partial charge on any atom is 0.168 e. The molecule has 4 nitrogen and oxygen atoms in total. The Morgan fingerprint density at radius 3 is 2.53 bits per heavy atom. The summed E-state index contributed by atoms with van der Waals surface area (Å²) >= 11 is 0. The highest BCUT2D eigenvalue weighted by molar-refractivity contribution is 5.45. The van der Waals surface area contributed by atoms with Gasteiger partial charge in [-0.1, -0.05) is 25.1 Å². The van der Waals surface area contributed by atoms with Gasteiger partial charge in [0.1, 0.15) is 18.2 Å². The highest BCUT2D eigenvalue weighted by Gasteiger charge is 2.09. The zero-order valence-corrected chi connectivity index (χ0v) is 11.6. The van der Waals surface area contributed by atoms with E-state index in [-0.39, 0.29) is 0 Å². The smallest absolute Gasteiger partial charge is 0.168 e. The summed E-state index contributed by atoms with van der Waals surface area (Å²) in [5, 5.41) is 3.10. The van der Waals surface area contributed by atoms with Crippen LogP contribution in [0.2, 0.25) is 0 Å². The van der Waals surface area contributed by atoms with Gasteiger partial charge in [0.15, 0.2) is 5.82 Å². The van der Waals surface area contributed by atoms with Crippen LogP contribution >= 0.6 is 0 Å². The number of aromatic nitrogens is 2. The average Bonchev–Trinajstić information content (AvgIpc) is 2.47. The van der Waals surface area contributed by atoms with Crippen LogP contribution in [-0.2, 0) is 13.0 Å². The number of hydrogen-bond donors (Lipinski definition) is 1. The summed E-state index contributed by atoms with van der Waals surface area (Å²) in [4.78, 5) is 9.01. The molecule has 100 valence electrons. The van der Waals surface area contributed by atoms with Gasteiger partial charge in [0.05, 0.1) is 0 Å². The summed E-state index contributed by atoms with van der Waals surface area (Å²) < 4.78 is 5.68. The Bertz CT molecular complexity index is 515. The highest BCUT2D eigenvalue weighted by Crippen LogP contribution is 2.17. The Hall–Kier alpha value is -2.10. The second kappa shape index (κ2) is 6.18. The van der Waals surface area contributed by atoms with Gasteiger partial charge >= 0.3 is 0 Å². The molecule has 1 heterocycles.